The van der Waals surface area contributed by atoms with Crippen molar-refractivity contribution in [1.82, 2.24) is 25.3 Å². The van der Waals surface area contributed by atoms with Gasteiger partial charge in [-0.15, -0.1) is 24.0 Å². The summed E-state index contributed by atoms with van der Waals surface area (Å²) in [6.45, 7) is 7.94. The number of furan rings is 1. The van der Waals surface area contributed by atoms with Crippen molar-refractivity contribution in [3.63, 3.8) is 0 Å². The summed E-state index contributed by atoms with van der Waals surface area (Å²) in [6, 6.07) is 1.79. The second-order valence-corrected chi connectivity index (χ2v) is 7.16. The summed E-state index contributed by atoms with van der Waals surface area (Å²) in [4.78, 5) is 19.1. The van der Waals surface area contributed by atoms with Crippen LogP contribution in [0.3, 0.4) is 0 Å². The van der Waals surface area contributed by atoms with Crippen LogP contribution < -0.4 is 10.6 Å². The van der Waals surface area contributed by atoms with Crippen molar-refractivity contribution < 1.29 is 9.21 Å². The van der Waals surface area contributed by atoms with Crippen molar-refractivity contribution in [2.75, 3.05) is 32.7 Å². The summed E-state index contributed by atoms with van der Waals surface area (Å²) >= 11 is 0. The highest BCUT2D eigenvalue weighted by atomic mass is 127. The van der Waals surface area contributed by atoms with Gasteiger partial charge < -0.3 is 20.0 Å². The Kier molecular flexibility index (Phi) is 8.99. The lowest BCUT2D eigenvalue weighted by Gasteiger charge is -2.21. The molecule has 1 atom stereocenters. The Morgan fingerprint density at radius 2 is 2.24 bits per heavy atom. The zero-order chi connectivity index (χ0) is 19.9. The van der Waals surface area contributed by atoms with Crippen LogP contribution in [0.1, 0.15) is 47.4 Å². The fraction of sp³-hybridized carbons (Fsp3) is 0.550. The molecule has 2 N–H and O–H groups in total. The van der Waals surface area contributed by atoms with E-state index in [1.54, 1.807) is 6.07 Å². The first kappa shape index (κ1) is 23.2. The zero-order valence-corrected chi connectivity index (χ0v) is 19.7. The molecule has 0 spiro atoms. The molecular weight excluding hydrogens is 483 g/mol. The third-order valence-electron chi connectivity index (χ3n) is 4.97. The van der Waals surface area contributed by atoms with Gasteiger partial charge in [-0.2, -0.15) is 5.10 Å². The van der Waals surface area contributed by atoms with Crippen molar-refractivity contribution in [1.29, 1.82) is 0 Å². The molecule has 2 aromatic rings. The van der Waals surface area contributed by atoms with Crippen LogP contribution in [0.2, 0.25) is 0 Å². The minimum atomic E-state index is -0.169. The van der Waals surface area contributed by atoms with Crippen LogP contribution in [0.25, 0.3) is 0 Å². The standard InChI is InChI=1S/C20H30N6O2.HI/c1-4-21-20(26-10-6-16(14-26)17-12-24-25(3)13-17)23-9-5-8-22-19(27)18-15(2)7-11-28-18;/h7,11-13,16H,4-6,8-10,14H2,1-3H3,(H,21,23)(H,22,27);1H. The van der Waals surface area contributed by atoms with Crippen LogP contribution in [-0.2, 0) is 7.05 Å². The minimum Gasteiger partial charge on any atom is -0.459 e. The van der Waals surface area contributed by atoms with Gasteiger partial charge in [0.05, 0.1) is 12.5 Å². The molecule has 1 saturated heterocycles. The molecule has 3 rings (SSSR count). The van der Waals surface area contributed by atoms with Crippen LogP contribution in [0.5, 0.6) is 0 Å². The Hall–Kier alpha value is -2.04. The van der Waals surface area contributed by atoms with Gasteiger partial charge >= 0.3 is 0 Å². The van der Waals surface area contributed by atoms with Gasteiger partial charge in [-0.05, 0) is 38.3 Å². The fourth-order valence-electron chi connectivity index (χ4n) is 3.45. The van der Waals surface area contributed by atoms with Gasteiger partial charge in [-0.25, -0.2) is 0 Å². The minimum absolute atomic E-state index is 0. The molecular formula is C20H31IN6O2. The molecule has 0 radical (unpaired) electrons. The molecule has 0 saturated carbocycles. The molecule has 0 aromatic carbocycles. The maximum atomic E-state index is 12.0. The number of likely N-dealkylation sites (tertiary alicyclic amines) is 1. The number of carbonyl (C=O) groups excluding carboxylic acids is 1. The van der Waals surface area contributed by atoms with Gasteiger partial charge in [-0.3, -0.25) is 14.5 Å². The number of nitrogens with zero attached hydrogens (tertiary/aromatic N) is 4. The van der Waals surface area contributed by atoms with Crippen molar-refractivity contribution in [3.8, 4) is 0 Å². The highest BCUT2D eigenvalue weighted by Crippen LogP contribution is 2.26. The molecule has 0 aliphatic carbocycles. The number of carbonyl (C=O) groups is 1. The number of hydrogen-bond acceptors (Lipinski definition) is 4. The molecule has 1 unspecified atom stereocenters. The third-order valence-corrected chi connectivity index (χ3v) is 4.97. The predicted octanol–water partition coefficient (Wildman–Crippen LogP) is 2.51. The number of aliphatic imine (C=N–C) groups is 1. The average molecular weight is 514 g/mol. The van der Waals surface area contributed by atoms with E-state index in [1.807, 2.05) is 24.9 Å². The predicted molar refractivity (Wildman–Crippen MR) is 124 cm³/mol. The van der Waals surface area contributed by atoms with Crippen molar-refractivity contribution in [3.05, 3.63) is 41.6 Å². The van der Waals surface area contributed by atoms with E-state index in [1.165, 1.54) is 11.8 Å². The molecule has 8 nitrogen and oxygen atoms in total. The van der Waals surface area contributed by atoms with Crippen molar-refractivity contribution in [2.45, 2.75) is 32.6 Å². The quantitative estimate of drug-likeness (QED) is 0.257. The Labute approximate surface area is 189 Å². The molecule has 1 aliphatic rings. The zero-order valence-electron chi connectivity index (χ0n) is 17.4. The van der Waals surface area contributed by atoms with E-state index in [2.05, 4.69) is 33.8 Å². The van der Waals surface area contributed by atoms with E-state index in [9.17, 15) is 4.79 Å². The Balaban J connectivity index is 0.00000300. The summed E-state index contributed by atoms with van der Waals surface area (Å²) in [5.74, 6) is 1.66. The number of halogens is 1. The largest absolute Gasteiger partial charge is 0.459 e. The monoisotopic (exact) mass is 514 g/mol. The normalized spacial score (nSPS) is 16.6. The maximum absolute atomic E-state index is 12.0. The first-order valence-electron chi connectivity index (χ1n) is 9.92. The maximum Gasteiger partial charge on any atom is 0.287 e. The second kappa shape index (κ2) is 11.2. The van der Waals surface area contributed by atoms with E-state index < -0.39 is 0 Å². The van der Waals surface area contributed by atoms with Crippen LogP contribution in [0.15, 0.2) is 34.1 Å². The summed E-state index contributed by atoms with van der Waals surface area (Å²) in [5.41, 5.74) is 2.14. The molecule has 0 bridgehead atoms. The molecule has 9 heteroatoms. The lowest BCUT2D eigenvalue weighted by molar-refractivity contribution is 0.0925. The van der Waals surface area contributed by atoms with Gasteiger partial charge in [0.15, 0.2) is 11.7 Å². The van der Waals surface area contributed by atoms with Crippen LogP contribution in [0.4, 0.5) is 0 Å². The summed E-state index contributed by atoms with van der Waals surface area (Å²) in [6.07, 6.45) is 7.48. The lowest BCUT2D eigenvalue weighted by atomic mass is 10.0. The van der Waals surface area contributed by atoms with Gasteiger partial charge in [0.25, 0.3) is 5.91 Å². The molecule has 1 fully saturated rings. The van der Waals surface area contributed by atoms with E-state index in [-0.39, 0.29) is 29.9 Å². The molecule has 2 aromatic heterocycles. The Morgan fingerprint density at radius 1 is 1.41 bits per heavy atom. The van der Waals surface area contributed by atoms with E-state index in [0.717, 1.165) is 44.0 Å². The summed E-state index contributed by atoms with van der Waals surface area (Å²) < 4.78 is 7.06. The number of hydrogen-bond donors (Lipinski definition) is 2. The molecule has 3 heterocycles. The van der Waals surface area contributed by atoms with E-state index in [4.69, 9.17) is 9.41 Å². The van der Waals surface area contributed by atoms with Crippen LogP contribution >= 0.6 is 24.0 Å². The highest BCUT2D eigenvalue weighted by molar-refractivity contribution is 14.0. The fourth-order valence-corrected chi connectivity index (χ4v) is 3.45. The number of aromatic nitrogens is 2. The number of amides is 1. The topological polar surface area (TPSA) is 87.7 Å². The first-order valence-corrected chi connectivity index (χ1v) is 9.92. The van der Waals surface area contributed by atoms with Gasteiger partial charge in [0.1, 0.15) is 0 Å². The Bertz CT molecular complexity index is 816. The highest BCUT2D eigenvalue weighted by Gasteiger charge is 2.26. The van der Waals surface area contributed by atoms with E-state index >= 15 is 0 Å². The second-order valence-electron chi connectivity index (χ2n) is 7.16. The molecule has 29 heavy (non-hydrogen) atoms. The van der Waals surface area contributed by atoms with Crippen LogP contribution in [-0.4, -0.2) is 59.3 Å². The number of nitrogens with one attached hydrogen (secondary N) is 2. The van der Waals surface area contributed by atoms with Gasteiger partial charge in [-0.1, -0.05) is 0 Å². The summed E-state index contributed by atoms with van der Waals surface area (Å²) in [5, 5.41) is 10.6. The molecule has 1 amide bonds. The smallest absolute Gasteiger partial charge is 0.287 e. The SMILES string of the molecule is CCNC(=NCCCNC(=O)c1occc1C)N1CCC(c2cnn(C)c2)C1.I. The van der Waals surface area contributed by atoms with Gasteiger partial charge in [0, 0.05) is 57.4 Å². The lowest BCUT2D eigenvalue weighted by Crippen LogP contribution is -2.40. The van der Waals surface area contributed by atoms with Crippen molar-refractivity contribution in [2.24, 2.45) is 12.0 Å². The average Bonchev–Trinajstić information content (AvgIpc) is 3.41. The Morgan fingerprint density at radius 3 is 2.90 bits per heavy atom. The van der Waals surface area contributed by atoms with Gasteiger partial charge in [0.2, 0.25) is 0 Å². The number of guanidine groups is 1. The van der Waals surface area contributed by atoms with Crippen molar-refractivity contribution >= 4 is 35.8 Å². The van der Waals surface area contributed by atoms with Crippen LogP contribution in [0, 0.1) is 6.92 Å². The number of aryl methyl sites for hydroxylation is 2. The first-order chi connectivity index (χ1) is 13.6. The third kappa shape index (κ3) is 6.22. The summed E-state index contributed by atoms with van der Waals surface area (Å²) in [7, 11) is 1.95. The number of rotatable bonds is 7. The molecule has 160 valence electrons. The van der Waals surface area contributed by atoms with E-state index in [0.29, 0.717) is 24.8 Å². The molecule has 1 aliphatic heterocycles.